The van der Waals surface area contributed by atoms with Gasteiger partial charge >= 0.3 is 0 Å². The lowest BCUT2D eigenvalue weighted by Crippen LogP contribution is -2.41. The molecule has 0 saturated carbocycles. The van der Waals surface area contributed by atoms with Crippen LogP contribution in [0.5, 0.6) is 0 Å². The predicted molar refractivity (Wildman–Crippen MR) is 96.1 cm³/mol. The van der Waals surface area contributed by atoms with Crippen molar-refractivity contribution < 1.29 is 17.9 Å². The summed E-state index contributed by atoms with van der Waals surface area (Å²) in [4.78, 5) is 14.5. The van der Waals surface area contributed by atoms with E-state index < -0.39 is 10.0 Å². The molecule has 1 aromatic rings. The minimum Gasteiger partial charge on any atom is -0.379 e. The maximum absolute atomic E-state index is 12.4. The monoisotopic (exact) mass is 369 g/mol. The van der Waals surface area contributed by atoms with Gasteiger partial charge in [0.05, 0.1) is 18.1 Å². The molecule has 1 amide bonds. The number of nitrogens with one attached hydrogen (secondary N) is 2. The molecule has 0 radical (unpaired) electrons. The highest BCUT2D eigenvalue weighted by Crippen LogP contribution is 2.12. The topological polar surface area (TPSA) is 87.7 Å². The minimum atomic E-state index is -3.65. The number of morpholine rings is 1. The number of hydrogen-bond donors (Lipinski definition) is 2. The first-order chi connectivity index (χ1) is 11.7. The van der Waals surface area contributed by atoms with E-state index in [2.05, 4.69) is 14.9 Å². The Morgan fingerprint density at radius 1 is 1.24 bits per heavy atom. The van der Waals surface area contributed by atoms with Gasteiger partial charge in [-0.1, -0.05) is 6.07 Å². The molecular weight excluding hydrogens is 342 g/mol. The lowest BCUT2D eigenvalue weighted by molar-refractivity contribution is 0.0390. The molecule has 2 rings (SSSR count). The Morgan fingerprint density at radius 2 is 1.92 bits per heavy atom. The lowest BCUT2D eigenvalue weighted by Gasteiger charge is -2.26. The van der Waals surface area contributed by atoms with Crippen LogP contribution in [0.2, 0.25) is 0 Å². The first-order valence-corrected chi connectivity index (χ1v) is 9.88. The zero-order valence-corrected chi connectivity index (χ0v) is 15.9. The normalized spacial score (nSPS) is 16.6. The maximum atomic E-state index is 12.4. The number of carbonyl (C=O) groups excluding carboxylic acids is 1. The lowest BCUT2D eigenvalue weighted by atomic mass is 10.1. The van der Waals surface area contributed by atoms with Crippen molar-refractivity contribution in [3.05, 3.63) is 29.8 Å². The van der Waals surface area contributed by atoms with E-state index in [4.69, 9.17) is 4.74 Å². The zero-order valence-electron chi connectivity index (χ0n) is 15.0. The van der Waals surface area contributed by atoms with Gasteiger partial charge in [-0.15, -0.1) is 0 Å². The SMILES string of the molecule is CC(C)(C)NC(=O)c1cccc(S(=O)(=O)NCCN2CCOCC2)c1. The standard InChI is InChI=1S/C17H27N3O4S/c1-17(2,3)19-16(21)14-5-4-6-15(13-14)25(22,23)18-7-8-20-9-11-24-12-10-20/h4-6,13,18H,7-12H2,1-3H3,(H,19,21). The van der Waals surface area contributed by atoms with Crippen LogP contribution in [-0.2, 0) is 14.8 Å². The molecule has 8 heteroatoms. The molecule has 0 aromatic heterocycles. The van der Waals surface area contributed by atoms with E-state index in [0.29, 0.717) is 31.9 Å². The molecule has 140 valence electrons. The van der Waals surface area contributed by atoms with E-state index in [9.17, 15) is 13.2 Å². The first-order valence-electron chi connectivity index (χ1n) is 8.40. The summed E-state index contributed by atoms with van der Waals surface area (Å²) in [5.74, 6) is -0.294. The number of rotatable bonds is 6. The molecule has 0 atom stereocenters. The summed E-state index contributed by atoms with van der Waals surface area (Å²) in [7, 11) is -3.65. The van der Waals surface area contributed by atoms with Crippen LogP contribution in [0.1, 0.15) is 31.1 Å². The molecular formula is C17H27N3O4S. The van der Waals surface area contributed by atoms with Crippen molar-refractivity contribution in [2.75, 3.05) is 39.4 Å². The Hall–Kier alpha value is -1.48. The molecule has 1 aromatic carbocycles. The van der Waals surface area contributed by atoms with Gasteiger partial charge < -0.3 is 10.1 Å². The van der Waals surface area contributed by atoms with Crippen molar-refractivity contribution in [3.8, 4) is 0 Å². The van der Waals surface area contributed by atoms with Crippen LogP contribution in [0.25, 0.3) is 0 Å². The molecule has 2 N–H and O–H groups in total. The van der Waals surface area contributed by atoms with E-state index in [1.807, 2.05) is 20.8 Å². The van der Waals surface area contributed by atoms with Gasteiger partial charge in [0, 0.05) is 37.3 Å². The van der Waals surface area contributed by atoms with Crippen LogP contribution in [0, 0.1) is 0 Å². The highest BCUT2D eigenvalue weighted by Gasteiger charge is 2.19. The number of sulfonamides is 1. The quantitative estimate of drug-likeness (QED) is 0.775. The van der Waals surface area contributed by atoms with Crippen molar-refractivity contribution in [2.45, 2.75) is 31.2 Å². The van der Waals surface area contributed by atoms with Crippen molar-refractivity contribution in [2.24, 2.45) is 0 Å². The molecule has 0 bridgehead atoms. The number of ether oxygens (including phenoxy) is 1. The molecule has 0 aliphatic carbocycles. The van der Waals surface area contributed by atoms with Crippen LogP contribution in [0.3, 0.4) is 0 Å². The Kier molecular flexibility index (Phi) is 6.56. The highest BCUT2D eigenvalue weighted by molar-refractivity contribution is 7.89. The number of nitrogens with zero attached hydrogens (tertiary/aromatic N) is 1. The van der Waals surface area contributed by atoms with Crippen LogP contribution in [0.4, 0.5) is 0 Å². The second-order valence-electron chi connectivity index (χ2n) is 7.08. The van der Waals surface area contributed by atoms with Crippen LogP contribution in [0.15, 0.2) is 29.2 Å². The number of benzene rings is 1. The van der Waals surface area contributed by atoms with Gasteiger partial charge in [0.25, 0.3) is 5.91 Å². The Balaban J connectivity index is 1.98. The van der Waals surface area contributed by atoms with E-state index >= 15 is 0 Å². The third kappa shape index (κ3) is 6.39. The summed E-state index contributed by atoms with van der Waals surface area (Å²) in [6.45, 7) is 9.55. The molecule has 0 spiro atoms. The summed E-state index contributed by atoms with van der Waals surface area (Å²) in [6, 6.07) is 6.07. The third-order valence-corrected chi connectivity index (χ3v) is 5.18. The molecule has 1 aliphatic rings. The van der Waals surface area contributed by atoms with Gasteiger partial charge in [-0.3, -0.25) is 9.69 Å². The number of carbonyl (C=O) groups is 1. The van der Waals surface area contributed by atoms with Crippen LogP contribution < -0.4 is 10.0 Å². The fourth-order valence-electron chi connectivity index (χ4n) is 2.46. The van der Waals surface area contributed by atoms with Gasteiger partial charge in [-0.25, -0.2) is 13.1 Å². The zero-order chi connectivity index (χ0) is 18.5. The predicted octanol–water partition coefficient (Wildman–Crippen LogP) is 0.825. The largest absolute Gasteiger partial charge is 0.379 e. The number of hydrogen-bond acceptors (Lipinski definition) is 5. The summed E-state index contributed by atoms with van der Waals surface area (Å²) in [6.07, 6.45) is 0. The molecule has 1 aliphatic heterocycles. The first kappa shape index (κ1) is 19.8. The van der Waals surface area contributed by atoms with E-state index in [0.717, 1.165) is 13.1 Å². The highest BCUT2D eigenvalue weighted by atomic mass is 32.2. The van der Waals surface area contributed by atoms with Gasteiger partial charge in [0.1, 0.15) is 0 Å². The van der Waals surface area contributed by atoms with Crippen molar-refractivity contribution >= 4 is 15.9 Å². The van der Waals surface area contributed by atoms with E-state index in [-0.39, 0.29) is 16.3 Å². The molecule has 25 heavy (non-hydrogen) atoms. The molecule has 1 saturated heterocycles. The molecule has 0 unspecified atom stereocenters. The second-order valence-corrected chi connectivity index (χ2v) is 8.85. The van der Waals surface area contributed by atoms with Crippen LogP contribution >= 0.6 is 0 Å². The average Bonchev–Trinajstić information content (AvgIpc) is 2.54. The Bertz CT molecular complexity index is 692. The van der Waals surface area contributed by atoms with E-state index in [1.165, 1.54) is 12.1 Å². The number of amides is 1. The fraction of sp³-hybridized carbons (Fsp3) is 0.588. The fourth-order valence-corrected chi connectivity index (χ4v) is 3.53. The molecule has 1 heterocycles. The average molecular weight is 369 g/mol. The van der Waals surface area contributed by atoms with Crippen molar-refractivity contribution in [1.82, 2.24) is 14.9 Å². The van der Waals surface area contributed by atoms with Crippen molar-refractivity contribution in [3.63, 3.8) is 0 Å². The van der Waals surface area contributed by atoms with Crippen LogP contribution in [-0.4, -0.2) is 64.2 Å². The Labute approximate surface area is 149 Å². The smallest absolute Gasteiger partial charge is 0.251 e. The molecule has 1 fully saturated rings. The molecule has 7 nitrogen and oxygen atoms in total. The Morgan fingerprint density at radius 3 is 2.56 bits per heavy atom. The maximum Gasteiger partial charge on any atom is 0.251 e. The van der Waals surface area contributed by atoms with Gasteiger partial charge in [-0.05, 0) is 39.0 Å². The van der Waals surface area contributed by atoms with Gasteiger partial charge in [0.15, 0.2) is 0 Å². The van der Waals surface area contributed by atoms with Crippen molar-refractivity contribution in [1.29, 1.82) is 0 Å². The summed E-state index contributed by atoms with van der Waals surface area (Å²) in [5, 5.41) is 2.83. The summed E-state index contributed by atoms with van der Waals surface area (Å²) >= 11 is 0. The van der Waals surface area contributed by atoms with Gasteiger partial charge in [0.2, 0.25) is 10.0 Å². The summed E-state index contributed by atoms with van der Waals surface area (Å²) < 4.78 is 32.8. The van der Waals surface area contributed by atoms with E-state index in [1.54, 1.807) is 12.1 Å². The summed E-state index contributed by atoms with van der Waals surface area (Å²) in [5.41, 5.74) is -0.0616. The van der Waals surface area contributed by atoms with Gasteiger partial charge in [-0.2, -0.15) is 0 Å². The second kappa shape index (κ2) is 8.27. The third-order valence-electron chi connectivity index (χ3n) is 3.72. The minimum absolute atomic E-state index is 0.0936.